The van der Waals surface area contributed by atoms with Gasteiger partial charge < -0.3 is 15.3 Å². The molecule has 4 unspecified atom stereocenters. The Hall–Kier alpha value is -0.120. The van der Waals surface area contributed by atoms with E-state index in [9.17, 15) is 5.11 Å². The Balaban J connectivity index is 2.60. The van der Waals surface area contributed by atoms with Gasteiger partial charge in [0.2, 0.25) is 0 Å². The van der Waals surface area contributed by atoms with Gasteiger partial charge in [-0.25, -0.2) is 0 Å². The van der Waals surface area contributed by atoms with Crippen molar-refractivity contribution in [2.45, 2.75) is 59.1 Å². The predicted octanol–water partition coefficient (Wildman–Crippen LogP) is 2.35. The quantitative estimate of drug-likeness (QED) is 0.805. The largest absolute Gasteiger partial charge is 0.392 e. The number of hydrogen-bond acceptors (Lipinski definition) is 3. The third kappa shape index (κ3) is 5.41. The number of nitrogens with one attached hydrogen (secondary N) is 1. The first-order chi connectivity index (χ1) is 8.74. The molecule has 0 aliphatic heterocycles. The van der Waals surface area contributed by atoms with Gasteiger partial charge in [-0.1, -0.05) is 20.8 Å². The summed E-state index contributed by atoms with van der Waals surface area (Å²) in [6, 6.07) is 0.634. The van der Waals surface area contributed by atoms with Crippen molar-refractivity contribution < 1.29 is 5.11 Å². The molecule has 19 heavy (non-hydrogen) atoms. The van der Waals surface area contributed by atoms with Crippen LogP contribution in [0.3, 0.4) is 0 Å². The Labute approximate surface area is 119 Å². The van der Waals surface area contributed by atoms with E-state index in [0.717, 1.165) is 19.0 Å². The lowest BCUT2D eigenvalue weighted by atomic mass is 9.67. The number of rotatable bonds is 5. The van der Waals surface area contributed by atoms with Crippen LogP contribution in [-0.2, 0) is 0 Å². The van der Waals surface area contributed by atoms with Gasteiger partial charge in [-0.3, -0.25) is 0 Å². The van der Waals surface area contributed by atoms with E-state index in [1.807, 2.05) is 6.92 Å². The monoisotopic (exact) mass is 270 g/mol. The molecule has 3 nitrogen and oxygen atoms in total. The van der Waals surface area contributed by atoms with Gasteiger partial charge in [0.05, 0.1) is 6.10 Å². The molecule has 3 heteroatoms. The Morgan fingerprint density at radius 1 is 1.32 bits per heavy atom. The maximum atomic E-state index is 9.50. The second kappa shape index (κ2) is 7.05. The topological polar surface area (TPSA) is 35.5 Å². The Bertz CT molecular complexity index is 260. The lowest BCUT2D eigenvalue weighted by Crippen LogP contribution is -2.46. The fraction of sp³-hybridized carbons (Fsp3) is 1.00. The molecule has 1 aliphatic rings. The molecule has 0 aromatic heterocycles. The molecule has 114 valence electrons. The fourth-order valence-electron chi connectivity index (χ4n) is 3.56. The van der Waals surface area contributed by atoms with E-state index in [2.05, 4.69) is 45.1 Å². The Morgan fingerprint density at radius 2 is 1.95 bits per heavy atom. The standard InChI is InChI=1S/C16H34N2O/c1-12(19)10-18(6)11-13-9-14(16(2,3)4)7-8-15(13)17-5/h12-15,17,19H,7-11H2,1-6H3. The summed E-state index contributed by atoms with van der Waals surface area (Å²) < 4.78 is 0. The first-order valence-electron chi connectivity index (χ1n) is 7.78. The minimum atomic E-state index is -0.236. The van der Waals surface area contributed by atoms with Crippen LogP contribution in [0.4, 0.5) is 0 Å². The van der Waals surface area contributed by atoms with Crippen LogP contribution in [0.1, 0.15) is 47.0 Å². The average molecular weight is 270 g/mol. The first-order valence-corrected chi connectivity index (χ1v) is 7.78. The third-order valence-corrected chi connectivity index (χ3v) is 4.70. The van der Waals surface area contributed by atoms with Crippen molar-refractivity contribution in [1.82, 2.24) is 10.2 Å². The molecule has 0 heterocycles. The molecule has 0 spiro atoms. The van der Waals surface area contributed by atoms with E-state index in [1.54, 1.807) is 0 Å². The Kier molecular flexibility index (Phi) is 6.28. The second-order valence-electron chi connectivity index (χ2n) is 7.60. The zero-order valence-corrected chi connectivity index (χ0v) is 13.7. The maximum absolute atomic E-state index is 9.50. The Morgan fingerprint density at radius 3 is 2.42 bits per heavy atom. The maximum Gasteiger partial charge on any atom is 0.0638 e. The van der Waals surface area contributed by atoms with Crippen molar-refractivity contribution >= 4 is 0 Å². The number of aliphatic hydroxyl groups excluding tert-OH is 1. The smallest absolute Gasteiger partial charge is 0.0638 e. The van der Waals surface area contributed by atoms with Crippen LogP contribution < -0.4 is 5.32 Å². The van der Waals surface area contributed by atoms with Crippen LogP contribution in [0.25, 0.3) is 0 Å². The minimum absolute atomic E-state index is 0.236. The normalized spacial score (nSPS) is 30.6. The SMILES string of the molecule is CNC1CCC(C(C)(C)C)CC1CN(C)CC(C)O. The van der Waals surface area contributed by atoms with Crippen molar-refractivity contribution in [2.24, 2.45) is 17.3 Å². The highest BCUT2D eigenvalue weighted by molar-refractivity contribution is 4.89. The van der Waals surface area contributed by atoms with Crippen molar-refractivity contribution in [3.63, 3.8) is 0 Å². The molecule has 1 rings (SSSR count). The minimum Gasteiger partial charge on any atom is -0.392 e. The zero-order valence-electron chi connectivity index (χ0n) is 13.7. The van der Waals surface area contributed by atoms with Crippen LogP contribution in [-0.4, -0.2) is 49.3 Å². The highest BCUT2D eigenvalue weighted by atomic mass is 16.3. The van der Waals surface area contributed by atoms with Crippen LogP contribution in [0, 0.1) is 17.3 Å². The number of aliphatic hydroxyl groups is 1. The van der Waals surface area contributed by atoms with E-state index in [0.29, 0.717) is 17.4 Å². The second-order valence-corrected chi connectivity index (χ2v) is 7.60. The van der Waals surface area contributed by atoms with E-state index in [1.165, 1.54) is 19.3 Å². The van der Waals surface area contributed by atoms with Gasteiger partial charge in [-0.2, -0.15) is 0 Å². The zero-order chi connectivity index (χ0) is 14.6. The van der Waals surface area contributed by atoms with Gasteiger partial charge in [-0.05, 0) is 57.5 Å². The van der Waals surface area contributed by atoms with Crippen LogP contribution >= 0.6 is 0 Å². The molecule has 0 radical (unpaired) electrons. The molecule has 0 aromatic rings. The van der Waals surface area contributed by atoms with E-state index in [4.69, 9.17) is 0 Å². The van der Waals surface area contributed by atoms with Gasteiger partial charge in [0, 0.05) is 19.1 Å². The molecule has 1 aliphatic carbocycles. The summed E-state index contributed by atoms with van der Waals surface area (Å²) in [5, 5.41) is 13.0. The molecule has 1 fully saturated rings. The van der Waals surface area contributed by atoms with Crippen LogP contribution in [0.5, 0.6) is 0 Å². The van der Waals surface area contributed by atoms with Gasteiger partial charge in [0.15, 0.2) is 0 Å². The van der Waals surface area contributed by atoms with E-state index < -0.39 is 0 Å². The van der Waals surface area contributed by atoms with Crippen LogP contribution in [0.15, 0.2) is 0 Å². The van der Waals surface area contributed by atoms with E-state index >= 15 is 0 Å². The van der Waals surface area contributed by atoms with Gasteiger partial charge >= 0.3 is 0 Å². The highest BCUT2D eigenvalue weighted by Gasteiger charge is 2.35. The third-order valence-electron chi connectivity index (χ3n) is 4.70. The molecule has 2 N–H and O–H groups in total. The predicted molar refractivity (Wildman–Crippen MR) is 82.3 cm³/mol. The van der Waals surface area contributed by atoms with Gasteiger partial charge in [0.1, 0.15) is 0 Å². The number of likely N-dealkylation sites (N-methyl/N-ethyl adjacent to an activating group) is 1. The molecule has 0 aromatic carbocycles. The lowest BCUT2D eigenvalue weighted by molar-refractivity contribution is 0.0791. The van der Waals surface area contributed by atoms with Crippen molar-refractivity contribution in [3.05, 3.63) is 0 Å². The molecule has 0 bridgehead atoms. The average Bonchev–Trinajstić information content (AvgIpc) is 2.26. The summed E-state index contributed by atoms with van der Waals surface area (Å²) >= 11 is 0. The first kappa shape index (κ1) is 16.9. The number of nitrogens with zero attached hydrogens (tertiary/aromatic N) is 1. The van der Waals surface area contributed by atoms with Gasteiger partial charge in [-0.15, -0.1) is 0 Å². The molecular formula is C16H34N2O. The lowest BCUT2D eigenvalue weighted by Gasteiger charge is -2.43. The summed E-state index contributed by atoms with van der Waals surface area (Å²) in [6.45, 7) is 10.8. The summed E-state index contributed by atoms with van der Waals surface area (Å²) in [5.74, 6) is 1.52. The van der Waals surface area contributed by atoms with E-state index in [-0.39, 0.29) is 6.10 Å². The van der Waals surface area contributed by atoms with Crippen molar-refractivity contribution in [1.29, 1.82) is 0 Å². The molecule has 1 saturated carbocycles. The summed E-state index contributed by atoms with van der Waals surface area (Å²) in [5.41, 5.74) is 0.416. The molecule has 4 atom stereocenters. The number of hydrogen-bond donors (Lipinski definition) is 2. The summed E-state index contributed by atoms with van der Waals surface area (Å²) in [4.78, 5) is 2.28. The van der Waals surface area contributed by atoms with Gasteiger partial charge in [0.25, 0.3) is 0 Å². The fourth-order valence-corrected chi connectivity index (χ4v) is 3.56. The molecular weight excluding hydrogens is 236 g/mol. The van der Waals surface area contributed by atoms with Crippen molar-refractivity contribution in [3.8, 4) is 0 Å². The molecule has 0 saturated heterocycles. The highest BCUT2D eigenvalue weighted by Crippen LogP contribution is 2.40. The molecule has 0 amide bonds. The summed E-state index contributed by atoms with van der Waals surface area (Å²) in [7, 11) is 4.21. The van der Waals surface area contributed by atoms with Crippen molar-refractivity contribution in [2.75, 3.05) is 27.2 Å². The summed E-state index contributed by atoms with van der Waals surface area (Å²) in [6.07, 6.45) is 3.69. The van der Waals surface area contributed by atoms with Crippen LogP contribution in [0.2, 0.25) is 0 Å².